The molecule has 2 aromatic heterocycles. The second-order valence-electron chi connectivity index (χ2n) is 5.22. The molecule has 4 rings (SSSR count). The van der Waals surface area contributed by atoms with Gasteiger partial charge in [0.25, 0.3) is 0 Å². The molecule has 2 aromatic rings. The minimum atomic E-state index is 1.03. The Morgan fingerprint density at radius 3 is 2.00 bits per heavy atom. The number of aliphatic imine (C=N–C) groups is 2. The highest BCUT2D eigenvalue weighted by Gasteiger charge is 1.88. The highest BCUT2D eigenvalue weighted by atomic mass is 15.0. The standard InChI is InChI=1S/C5H8N2.C5H7N.C4H6N2.C4H5N/c1-5-6-3-4-7(5)2;1-5-3-2-4-6-5;1-6-3-2-5-4-6;1-2-4-5-3-1/h3-4H,1-2H3;2,4H,3H2,1H3;2-4H,1H3;1,3-4H,2H2. The van der Waals surface area contributed by atoms with Crippen molar-refractivity contribution in [2.45, 2.75) is 26.7 Å². The van der Waals surface area contributed by atoms with Crippen LogP contribution in [0.25, 0.3) is 0 Å². The summed E-state index contributed by atoms with van der Waals surface area (Å²) in [5, 5.41) is 0. The van der Waals surface area contributed by atoms with Crippen LogP contribution in [0.2, 0.25) is 0 Å². The van der Waals surface area contributed by atoms with Crippen molar-refractivity contribution in [3.8, 4) is 0 Å². The van der Waals surface area contributed by atoms with Gasteiger partial charge in [-0.15, -0.1) is 0 Å². The molecule has 2 aliphatic rings. The van der Waals surface area contributed by atoms with Gasteiger partial charge in [-0.3, -0.25) is 9.98 Å². The highest BCUT2D eigenvalue weighted by molar-refractivity contribution is 5.85. The van der Waals surface area contributed by atoms with Crippen molar-refractivity contribution in [3.05, 3.63) is 61.5 Å². The number of imidazole rings is 2. The monoisotopic (exact) mass is 326 g/mol. The average Bonchev–Trinajstić information content (AvgIpc) is 3.33. The molecule has 24 heavy (non-hydrogen) atoms. The van der Waals surface area contributed by atoms with E-state index in [9.17, 15) is 0 Å². The number of nitrogens with zero attached hydrogens (tertiary/aromatic N) is 6. The van der Waals surface area contributed by atoms with E-state index >= 15 is 0 Å². The van der Waals surface area contributed by atoms with E-state index in [0.29, 0.717) is 0 Å². The van der Waals surface area contributed by atoms with Gasteiger partial charge in [0.2, 0.25) is 0 Å². The minimum Gasteiger partial charge on any atom is -0.341 e. The fourth-order valence-corrected chi connectivity index (χ4v) is 1.53. The van der Waals surface area contributed by atoms with Crippen molar-refractivity contribution < 1.29 is 0 Å². The van der Waals surface area contributed by atoms with Crippen LogP contribution in [0, 0.1) is 6.92 Å². The molecule has 0 amide bonds. The van der Waals surface area contributed by atoms with Crippen molar-refractivity contribution >= 4 is 11.9 Å². The van der Waals surface area contributed by atoms with Gasteiger partial charge < -0.3 is 9.13 Å². The minimum absolute atomic E-state index is 1.03. The Labute approximate surface area is 144 Å². The predicted molar refractivity (Wildman–Crippen MR) is 100 cm³/mol. The zero-order chi connectivity index (χ0) is 17.6. The van der Waals surface area contributed by atoms with E-state index in [1.165, 1.54) is 5.71 Å². The smallest absolute Gasteiger partial charge is 0.105 e. The van der Waals surface area contributed by atoms with E-state index in [1.54, 1.807) is 24.9 Å². The topological polar surface area (TPSA) is 60.4 Å². The van der Waals surface area contributed by atoms with Crippen molar-refractivity contribution in [1.82, 2.24) is 19.1 Å². The van der Waals surface area contributed by atoms with Gasteiger partial charge in [-0.1, -0.05) is 12.2 Å². The summed E-state index contributed by atoms with van der Waals surface area (Å²) >= 11 is 0. The Kier molecular flexibility index (Phi) is 9.45. The lowest BCUT2D eigenvalue weighted by atomic mass is 10.3. The average molecular weight is 326 g/mol. The molecule has 0 saturated carbocycles. The van der Waals surface area contributed by atoms with Crippen molar-refractivity contribution in [3.63, 3.8) is 0 Å². The van der Waals surface area contributed by atoms with Gasteiger partial charge in [-0.2, -0.15) is 0 Å². The fraction of sp³-hybridized carbons (Fsp3) is 0.333. The Balaban J connectivity index is 0.000000161. The maximum atomic E-state index is 3.98. The van der Waals surface area contributed by atoms with E-state index in [4.69, 9.17) is 0 Å². The van der Waals surface area contributed by atoms with E-state index in [0.717, 1.165) is 18.7 Å². The summed E-state index contributed by atoms with van der Waals surface area (Å²) in [5.74, 6) is 1.06. The van der Waals surface area contributed by atoms with E-state index in [1.807, 2.05) is 68.0 Å². The van der Waals surface area contributed by atoms with Gasteiger partial charge >= 0.3 is 0 Å². The largest absolute Gasteiger partial charge is 0.341 e. The second kappa shape index (κ2) is 11.8. The number of allylic oxidation sites excluding steroid dienone is 2. The first-order valence-electron chi connectivity index (χ1n) is 7.80. The maximum absolute atomic E-state index is 3.98. The zero-order valence-electron chi connectivity index (χ0n) is 14.9. The predicted octanol–water partition coefficient (Wildman–Crippen LogP) is 3.49. The number of aromatic nitrogens is 4. The summed E-state index contributed by atoms with van der Waals surface area (Å²) in [7, 11) is 3.91. The molecule has 0 aliphatic carbocycles. The molecule has 4 heterocycles. The summed E-state index contributed by atoms with van der Waals surface area (Å²) < 4.78 is 3.86. The number of hydrogen-bond donors (Lipinski definition) is 0. The molecule has 0 radical (unpaired) electrons. The Bertz CT molecular complexity index is 648. The molecule has 2 aliphatic heterocycles. The molecule has 6 nitrogen and oxygen atoms in total. The van der Waals surface area contributed by atoms with E-state index in [-0.39, 0.29) is 0 Å². The van der Waals surface area contributed by atoms with Crippen LogP contribution in [0.3, 0.4) is 0 Å². The van der Waals surface area contributed by atoms with Crippen molar-refractivity contribution in [1.29, 1.82) is 0 Å². The first kappa shape index (κ1) is 19.3. The molecule has 0 aromatic carbocycles. The molecule has 0 N–H and O–H groups in total. The first-order valence-corrected chi connectivity index (χ1v) is 7.80. The highest BCUT2D eigenvalue weighted by Crippen LogP contribution is 1.96. The Morgan fingerprint density at radius 1 is 1.00 bits per heavy atom. The normalized spacial score (nSPS) is 13.2. The van der Waals surface area contributed by atoms with E-state index < -0.39 is 0 Å². The second-order valence-corrected chi connectivity index (χ2v) is 5.22. The lowest BCUT2D eigenvalue weighted by Gasteiger charge is -1.87. The SMILES string of the molecule is C1=CN=CC1.CC1=NC=CC1.Cc1nccn1C.Cn1ccnc1. The summed E-state index contributed by atoms with van der Waals surface area (Å²) in [6.45, 7) is 4.00. The summed E-state index contributed by atoms with van der Waals surface area (Å²) in [6.07, 6.45) is 20.8. The van der Waals surface area contributed by atoms with Crippen molar-refractivity contribution in [2.75, 3.05) is 0 Å². The van der Waals surface area contributed by atoms with Crippen LogP contribution in [0.4, 0.5) is 0 Å². The molecule has 0 saturated heterocycles. The van der Waals surface area contributed by atoms with Crippen molar-refractivity contribution in [2.24, 2.45) is 24.1 Å². The first-order chi connectivity index (χ1) is 11.6. The number of aryl methyl sites for hydroxylation is 3. The quantitative estimate of drug-likeness (QED) is 0.744. The molecule has 0 unspecified atom stereocenters. The molecule has 0 atom stereocenters. The van der Waals surface area contributed by atoms with Gasteiger partial charge in [0, 0.05) is 76.1 Å². The van der Waals surface area contributed by atoms with Gasteiger partial charge in [-0.05, 0) is 13.8 Å². The Hall–Kier alpha value is -2.76. The molecule has 0 fully saturated rings. The zero-order valence-corrected chi connectivity index (χ0v) is 14.9. The summed E-state index contributed by atoms with van der Waals surface area (Å²) in [6, 6.07) is 0. The molecular weight excluding hydrogens is 300 g/mol. The lowest BCUT2D eigenvalue weighted by Crippen LogP contribution is -1.86. The third-order valence-corrected chi connectivity index (χ3v) is 3.05. The third-order valence-electron chi connectivity index (χ3n) is 3.05. The van der Waals surface area contributed by atoms with Crippen LogP contribution in [0.5, 0.6) is 0 Å². The van der Waals surface area contributed by atoms with Crippen LogP contribution in [-0.4, -0.2) is 31.0 Å². The lowest BCUT2D eigenvalue weighted by molar-refractivity contribution is 0.858. The molecular formula is C18H26N6. The molecule has 0 spiro atoms. The van der Waals surface area contributed by atoms with Crippen LogP contribution in [0.1, 0.15) is 25.6 Å². The maximum Gasteiger partial charge on any atom is 0.105 e. The van der Waals surface area contributed by atoms with Gasteiger partial charge in [0.05, 0.1) is 6.33 Å². The van der Waals surface area contributed by atoms with Crippen LogP contribution >= 0.6 is 0 Å². The van der Waals surface area contributed by atoms with E-state index in [2.05, 4.69) is 26.0 Å². The van der Waals surface area contributed by atoms with Crippen LogP contribution < -0.4 is 0 Å². The summed E-state index contributed by atoms with van der Waals surface area (Å²) in [4.78, 5) is 15.5. The van der Waals surface area contributed by atoms with Gasteiger partial charge in [-0.25, -0.2) is 9.97 Å². The van der Waals surface area contributed by atoms with Gasteiger partial charge in [0.1, 0.15) is 5.82 Å². The van der Waals surface area contributed by atoms with Crippen LogP contribution in [0.15, 0.2) is 65.7 Å². The van der Waals surface area contributed by atoms with Crippen LogP contribution in [-0.2, 0) is 14.1 Å². The molecule has 128 valence electrons. The molecule has 0 bridgehead atoms. The number of hydrogen-bond acceptors (Lipinski definition) is 4. The molecule has 6 heteroatoms. The Morgan fingerprint density at radius 2 is 1.83 bits per heavy atom. The number of rotatable bonds is 0. The van der Waals surface area contributed by atoms with Gasteiger partial charge in [0.15, 0.2) is 0 Å². The fourth-order valence-electron chi connectivity index (χ4n) is 1.53. The summed E-state index contributed by atoms with van der Waals surface area (Å²) in [5.41, 5.74) is 1.22. The third kappa shape index (κ3) is 9.30.